The molecule has 0 aromatic carbocycles. The van der Waals surface area contributed by atoms with E-state index in [9.17, 15) is 4.79 Å². The maximum absolute atomic E-state index is 12.2. The fraction of sp³-hybridized carbons (Fsp3) is 0.733. The molecule has 1 aromatic rings. The molecule has 5 heteroatoms. The molecule has 110 valence electrons. The molecule has 1 unspecified atom stereocenters. The summed E-state index contributed by atoms with van der Waals surface area (Å²) in [6.07, 6.45) is 4.54. The number of carbonyl (C=O) groups excluding carboxylic acids is 1. The highest BCUT2D eigenvalue weighted by molar-refractivity contribution is 7.09. The van der Waals surface area contributed by atoms with Crippen LogP contribution in [0.5, 0.6) is 0 Å². The van der Waals surface area contributed by atoms with Crippen molar-refractivity contribution in [3.63, 3.8) is 0 Å². The van der Waals surface area contributed by atoms with Crippen LogP contribution in [-0.4, -0.2) is 24.1 Å². The van der Waals surface area contributed by atoms with E-state index in [1.165, 1.54) is 18.5 Å². The third-order valence-corrected chi connectivity index (χ3v) is 5.23. The zero-order valence-electron chi connectivity index (χ0n) is 11.9. The Labute approximate surface area is 123 Å². The molecule has 1 N–H and O–H groups in total. The average Bonchev–Trinajstić information content (AvgIpc) is 3.24. The summed E-state index contributed by atoms with van der Waals surface area (Å²) >= 11 is 1.66. The van der Waals surface area contributed by atoms with Crippen molar-refractivity contribution in [1.82, 2.24) is 10.3 Å². The lowest BCUT2D eigenvalue weighted by molar-refractivity contribution is -0.127. The number of nitrogens with zero attached hydrogens (tertiary/aromatic N) is 1. The molecule has 3 rings (SSSR count). The highest BCUT2D eigenvalue weighted by Gasteiger charge is 2.27. The number of carbonyl (C=O) groups is 1. The average molecular weight is 294 g/mol. The Morgan fingerprint density at radius 1 is 1.45 bits per heavy atom. The fourth-order valence-electron chi connectivity index (χ4n) is 2.73. The topological polar surface area (TPSA) is 51.2 Å². The lowest BCUT2D eigenvalue weighted by atomic mass is 9.87. The highest BCUT2D eigenvalue weighted by atomic mass is 32.1. The van der Waals surface area contributed by atoms with Crippen molar-refractivity contribution in [2.45, 2.75) is 45.1 Å². The molecule has 2 heterocycles. The van der Waals surface area contributed by atoms with Crippen LogP contribution >= 0.6 is 11.3 Å². The minimum absolute atomic E-state index is 0.0711. The molecule has 4 nitrogen and oxygen atoms in total. The van der Waals surface area contributed by atoms with E-state index in [1.807, 2.05) is 6.92 Å². The van der Waals surface area contributed by atoms with Gasteiger partial charge < -0.3 is 10.1 Å². The molecule has 1 atom stereocenters. The number of rotatable bonds is 5. The summed E-state index contributed by atoms with van der Waals surface area (Å²) in [5.74, 6) is 1.38. The number of amides is 1. The Bertz CT molecular complexity index is 464. The minimum atomic E-state index is 0.0711. The second kappa shape index (κ2) is 6.22. The van der Waals surface area contributed by atoms with Gasteiger partial charge in [-0.15, -0.1) is 11.3 Å². The van der Waals surface area contributed by atoms with Crippen molar-refractivity contribution in [1.29, 1.82) is 0 Å². The lowest BCUT2D eigenvalue weighted by Crippen LogP contribution is -2.35. The number of thiazole rings is 1. The maximum Gasteiger partial charge on any atom is 0.223 e. The van der Waals surface area contributed by atoms with Crippen molar-refractivity contribution >= 4 is 17.2 Å². The molecular formula is C15H22N2O2S. The Hall–Kier alpha value is -0.940. The standard InChI is InChI=1S/C15H22N2O2S/c1-10(11-4-6-19-7-5-11)15(18)16-8-14-17-13(9-20-14)12-2-3-12/h9-12H,2-8H2,1H3,(H,16,18). The van der Waals surface area contributed by atoms with Gasteiger partial charge in [-0.1, -0.05) is 6.92 Å². The lowest BCUT2D eigenvalue weighted by Gasteiger charge is -2.26. The second-order valence-electron chi connectivity index (χ2n) is 5.90. The number of hydrogen-bond donors (Lipinski definition) is 1. The van der Waals surface area contributed by atoms with Crippen LogP contribution in [-0.2, 0) is 16.1 Å². The zero-order valence-corrected chi connectivity index (χ0v) is 12.7. The number of aromatic nitrogens is 1. The van der Waals surface area contributed by atoms with Gasteiger partial charge >= 0.3 is 0 Å². The van der Waals surface area contributed by atoms with Crippen LogP contribution in [0.1, 0.15) is 49.2 Å². The molecular weight excluding hydrogens is 272 g/mol. The molecule has 0 spiro atoms. The van der Waals surface area contributed by atoms with Gasteiger partial charge in [-0.3, -0.25) is 4.79 Å². The first kappa shape index (κ1) is 14.0. The van der Waals surface area contributed by atoms with Gasteiger partial charge in [-0.05, 0) is 31.6 Å². The van der Waals surface area contributed by atoms with Crippen LogP contribution in [0.4, 0.5) is 0 Å². The molecule has 2 aliphatic rings. The van der Waals surface area contributed by atoms with Crippen LogP contribution in [0.2, 0.25) is 0 Å². The normalized spacial score (nSPS) is 21.6. The van der Waals surface area contributed by atoms with E-state index in [1.54, 1.807) is 11.3 Å². The molecule has 0 bridgehead atoms. The van der Waals surface area contributed by atoms with Gasteiger partial charge in [0.2, 0.25) is 5.91 Å². The minimum Gasteiger partial charge on any atom is -0.381 e. The van der Waals surface area contributed by atoms with Gasteiger partial charge in [-0.25, -0.2) is 4.98 Å². The van der Waals surface area contributed by atoms with E-state index in [-0.39, 0.29) is 11.8 Å². The van der Waals surface area contributed by atoms with Gasteiger partial charge in [0.25, 0.3) is 0 Å². The third-order valence-electron chi connectivity index (χ3n) is 4.37. The van der Waals surface area contributed by atoms with Crippen molar-refractivity contribution in [3.05, 3.63) is 16.1 Å². The van der Waals surface area contributed by atoms with Gasteiger partial charge in [0.1, 0.15) is 5.01 Å². The number of ether oxygens (including phenoxy) is 1. The molecule has 0 radical (unpaired) electrons. The molecule has 1 aromatic heterocycles. The van der Waals surface area contributed by atoms with E-state index in [2.05, 4.69) is 15.7 Å². The van der Waals surface area contributed by atoms with E-state index in [0.717, 1.165) is 31.1 Å². The largest absolute Gasteiger partial charge is 0.381 e. The molecule has 1 saturated heterocycles. The van der Waals surface area contributed by atoms with Gasteiger partial charge in [0, 0.05) is 30.4 Å². The second-order valence-corrected chi connectivity index (χ2v) is 6.84. The predicted octanol–water partition coefficient (Wildman–Crippen LogP) is 2.70. The number of hydrogen-bond acceptors (Lipinski definition) is 4. The predicted molar refractivity (Wildman–Crippen MR) is 78.6 cm³/mol. The Morgan fingerprint density at radius 2 is 2.20 bits per heavy atom. The van der Waals surface area contributed by atoms with Crippen LogP contribution in [0.25, 0.3) is 0 Å². The highest BCUT2D eigenvalue weighted by Crippen LogP contribution is 2.40. The summed E-state index contributed by atoms with van der Waals surface area (Å²) in [5.41, 5.74) is 1.22. The van der Waals surface area contributed by atoms with Gasteiger partial charge in [0.15, 0.2) is 0 Å². The molecule has 1 saturated carbocycles. The molecule has 1 aliphatic carbocycles. The van der Waals surface area contributed by atoms with Crippen molar-refractivity contribution < 1.29 is 9.53 Å². The summed E-state index contributed by atoms with van der Waals surface area (Å²) < 4.78 is 5.35. The van der Waals surface area contributed by atoms with E-state index < -0.39 is 0 Å². The summed E-state index contributed by atoms with van der Waals surface area (Å²) in [5, 5.41) is 6.20. The van der Waals surface area contributed by atoms with Crippen LogP contribution < -0.4 is 5.32 Å². The van der Waals surface area contributed by atoms with E-state index >= 15 is 0 Å². The SMILES string of the molecule is CC(C(=O)NCc1nc(C2CC2)cs1)C1CCOCC1. The van der Waals surface area contributed by atoms with Crippen LogP contribution in [0, 0.1) is 11.8 Å². The fourth-order valence-corrected chi connectivity index (χ4v) is 3.54. The van der Waals surface area contributed by atoms with E-state index in [4.69, 9.17) is 4.74 Å². The summed E-state index contributed by atoms with van der Waals surface area (Å²) in [6.45, 7) is 4.19. The first-order valence-electron chi connectivity index (χ1n) is 7.54. The van der Waals surface area contributed by atoms with Gasteiger partial charge in [-0.2, -0.15) is 0 Å². The summed E-state index contributed by atoms with van der Waals surface area (Å²) in [4.78, 5) is 16.8. The van der Waals surface area contributed by atoms with Crippen LogP contribution in [0.3, 0.4) is 0 Å². The molecule has 1 aliphatic heterocycles. The Kier molecular flexibility index (Phi) is 4.36. The summed E-state index contributed by atoms with van der Waals surface area (Å²) in [6, 6.07) is 0. The monoisotopic (exact) mass is 294 g/mol. The molecule has 1 amide bonds. The van der Waals surface area contributed by atoms with E-state index in [0.29, 0.717) is 18.4 Å². The molecule has 2 fully saturated rings. The van der Waals surface area contributed by atoms with Crippen LogP contribution in [0.15, 0.2) is 5.38 Å². The quantitative estimate of drug-likeness (QED) is 0.908. The first-order chi connectivity index (χ1) is 9.74. The maximum atomic E-state index is 12.2. The third kappa shape index (κ3) is 3.38. The van der Waals surface area contributed by atoms with Crippen molar-refractivity contribution in [2.24, 2.45) is 11.8 Å². The molecule has 20 heavy (non-hydrogen) atoms. The smallest absolute Gasteiger partial charge is 0.223 e. The Morgan fingerprint density at radius 3 is 2.90 bits per heavy atom. The Balaban J connectivity index is 1.47. The van der Waals surface area contributed by atoms with Crippen molar-refractivity contribution in [3.8, 4) is 0 Å². The van der Waals surface area contributed by atoms with Crippen molar-refractivity contribution in [2.75, 3.05) is 13.2 Å². The van der Waals surface area contributed by atoms with Gasteiger partial charge in [0.05, 0.1) is 12.2 Å². The number of nitrogens with one attached hydrogen (secondary N) is 1. The first-order valence-corrected chi connectivity index (χ1v) is 8.41. The summed E-state index contributed by atoms with van der Waals surface area (Å²) in [7, 11) is 0. The zero-order chi connectivity index (χ0) is 13.9.